The summed E-state index contributed by atoms with van der Waals surface area (Å²) >= 11 is 0. The maximum Gasteiger partial charge on any atom is 0.337 e. The molecule has 0 aliphatic carbocycles. The number of carbonyl (C=O) groups excluding carboxylic acids is 3. The number of fused-ring (bicyclic) bond motifs is 4. The molecule has 0 fully saturated rings. The quantitative estimate of drug-likeness (QED) is 0.106. The maximum absolute atomic E-state index is 13.8. The molecule has 296 valence electrons. The van der Waals surface area contributed by atoms with Crippen molar-refractivity contribution in [2.75, 3.05) is 39.3 Å². The standard InChI is InChI=1S/C46H45N5O7/c1-5-15-47-34-13-11-30(12-14-34)33-20-36-25-49-40-23-43(42(55-3)21-38(40)45(53)51(36)27-33)58-17-6-16-57-41-22-39-37(18-28(41)2)44(52)50-26-32(19-35(50)24-48-39)29-7-9-31(10-8-29)46(54)56-4/h7-14,18,21-27,35-36,47H,5-6,15-17,19-20H2,1-4H3/t35-,36-/m0/s1. The van der Waals surface area contributed by atoms with Gasteiger partial charge in [0, 0.05) is 68.5 Å². The van der Waals surface area contributed by atoms with Crippen LogP contribution in [0.2, 0.25) is 0 Å². The number of ether oxygens (including phenoxy) is 4. The highest BCUT2D eigenvalue weighted by Crippen LogP contribution is 2.41. The summed E-state index contributed by atoms with van der Waals surface area (Å²) in [4.78, 5) is 52.3. The summed E-state index contributed by atoms with van der Waals surface area (Å²) in [6.45, 7) is 5.66. The van der Waals surface area contributed by atoms with Crippen LogP contribution in [0.1, 0.15) is 80.4 Å². The third kappa shape index (κ3) is 7.57. The van der Waals surface area contributed by atoms with Crippen LogP contribution in [0.5, 0.6) is 17.2 Å². The van der Waals surface area contributed by atoms with Gasteiger partial charge in [-0.15, -0.1) is 0 Å². The summed E-state index contributed by atoms with van der Waals surface area (Å²) in [5.41, 5.74) is 8.49. The molecule has 2 amide bonds. The van der Waals surface area contributed by atoms with Gasteiger partial charge in [-0.25, -0.2) is 4.79 Å². The first-order chi connectivity index (χ1) is 28.2. The van der Waals surface area contributed by atoms with Crippen LogP contribution in [0.3, 0.4) is 0 Å². The fourth-order valence-electron chi connectivity index (χ4n) is 7.59. The number of aliphatic imine (C=N–C) groups is 2. The van der Waals surface area contributed by atoms with Crippen LogP contribution < -0.4 is 19.5 Å². The topological polar surface area (TPSA) is 131 Å². The van der Waals surface area contributed by atoms with Gasteiger partial charge in [-0.3, -0.25) is 19.6 Å². The lowest BCUT2D eigenvalue weighted by Crippen LogP contribution is -2.32. The van der Waals surface area contributed by atoms with Gasteiger partial charge in [-0.05, 0) is 77.6 Å². The summed E-state index contributed by atoms with van der Waals surface area (Å²) in [6, 6.07) is 22.2. The molecule has 12 heteroatoms. The lowest BCUT2D eigenvalue weighted by Gasteiger charge is -2.19. The van der Waals surface area contributed by atoms with Crippen LogP contribution in [-0.4, -0.2) is 86.1 Å². The molecule has 12 nitrogen and oxygen atoms in total. The molecule has 2 atom stereocenters. The Morgan fingerprint density at radius 3 is 1.86 bits per heavy atom. The number of methoxy groups -OCH3 is 2. The highest BCUT2D eigenvalue weighted by molar-refractivity contribution is 6.06. The zero-order chi connectivity index (χ0) is 40.3. The number of carbonyl (C=O) groups is 3. The van der Waals surface area contributed by atoms with Gasteiger partial charge < -0.3 is 34.1 Å². The molecule has 4 aromatic rings. The zero-order valence-corrected chi connectivity index (χ0v) is 33.0. The normalized spacial score (nSPS) is 17.7. The molecule has 4 heterocycles. The van der Waals surface area contributed by atoms with E-state index in [1.54, 1.807) is 47.4 Å². The zero-order valence-electron chi connectivity index (χ0n) is 33.0. The van der Waals surface area contributed by atoms with E-state index in [2.05, 4.69) is 36.5 Å². The van der Waals surface area contributed by atoms with Crippen LogP contribution in [0.25, 0.3) is 11.1 Å². The lowest BCUT2D eigenvalue weighted by molar-refractivity contribution is 0.0600. The molecular weight excluding hydrogens is 735 g/mol. The van der Waals surface area contributed by atoms with Gasteiger partial charge in [0.2, 0.25) is 0 Å². The Hall–Kier alpha value is -6.69. The number of rotatable bonds is 13. The number of aryl methyl sites for hydroxylation is 1. The Labute approximate surface area is 337 Å². The minimum atomic E-state index is -0.394. The molecule has 0 spiro atoms. The summed E-state index contributed by atoms with van der Waals surface area (Å²) in [5, 5.41) is 3.40. The van der Waals surface area contributed by atoms with E-state index in [-0.39, 0.29) is 23.9 Å². The average Bonchev–Trinajstić information content (AvgIpc) is 3.83. The summed E-state index contributed by atoms with van der Waals surface area (Å²) in [6.07, 6.45) is 10.3. The molecule has 0 saturated carbocycles. The van der Waals surface area contributed by atoms with E-state index < -0.39 is 5.97 Å². The molecule has 0 aromatic heterocycles. The Kier molecular flexibility index (Phi) is 10.8. The number of hydrogen-bond donors (Lipinski definition) is 1. The van der Waals surface area contributed by atoms with Crippen molar-refractivity contribution in [3.63, 3.8) is 0 Å². The molecular formula is C46H45N5O7. The number of nitrogens with one attached hydrogen (secondary N) is 1. The number of esters is 1. The molecule has 4 aliphatic rings. The molecule has 8 rings (SSSR count). The molecule has 0 radical (unpaired) electrons. The van der Waals surface area contributed by atoms with Crippen LogP contribution >= 0.6 is 0 Å². The summed E-state index contributed by atoms with van der Waals surface area (Å²) in [5.74, 6) is 0.913. The summed E-state index contributed by atoms with van der Waals surface area (Å²) in [7, 11) is 2.91. The largest absolute Gasteiger partial charge is 0.493 e. The second kappa shape index (κ2) is 16.4. The van der Waals surface area contributed by atoms with Gasteiger partial charge in [0.15, 0.2) is 11.5 Å². The van der Waals surface area contributed by atoms with E-state index in [9.17, 15) is 14.4 Å². The number of hydrogen-bond acceptors (Lipinski definition) is 10. The Balaban J connectivity index is 0.879. The molecule has 4 aliphatic heterocycles. The highest BCUT2D eigenvalue weighted by Gasteiger charge is 2.35. The smallest absolute Gasteiger partial charge is 0.337 e. The molecule has 4 aromatic carbocycles. The van der Waals surface area contributed by atoms with Crippen LogP contribution in [0.4, 0.5) is 17.1 Å². The first kappa shape index (κ1) is 38.2. The fraction of sp³-hybridized carbons (Fsp3) is 0.283. The van der Waals surface area contributed by atoms with Gasteiger partial charge >= 0.3 is 5.97 Å². The van der Waals surface area contributed by atoms with Crippen molar-refractivity contribution in [1.82, 2.24) is 9.80 Å². The van der Waals surface area contributed by atoms with Gasteiger partial charge in [0.05, 0.1) is 67.6 Å². The molecule has 0 saturated heterocycles. The van der Waals surface area contributed by atoms with Crippen molar-refractivity contribution < 1.29 is 33.3 Å². The van der Waals surface area contributed by atoms with Gasteiger partial charge in [-0.1, -0.05) is 31.2 Å². The van der Waals surface area contributed by atoms with Crippen molar-refractivity contribution in [1.29, 1.82) is 0 Å². The number of benzene rings is 4. The highest BCUT2D eigenvalue weighted by atomic mass is 16.5. The number of nitrogens with zero attached hydrogens (tertiary/aromatic N) is 4. The second-order valence-corrected chi connectivity index (χ2v) is 14.6. The number of amides is 2. The van der Waals surface area contributed by atoms with E-state index in [1.165, 1.54) is 7.11 Å². The van der Waals surface area contributed by atoms with Crippen molar-refractivity contribution >= 4 is 58.4 Å². The monoisotopic (exact) mass is 779 g/mol. The van der Waals surface area contributed by atoms with Crippen molar-refractivity contribution in [3.8, 4) is 17.2 Å². The van der Waals surface area contributed by atoms with Gasteiger partial charge in [0.1, 0.15) is 5.75 Å². The second-order valence-electron chi connectivity index (χ2n) is 14.6. The third-order valence-electron chi connectivity index (χ3n) is 10.8. The lowest BCUT2D eigenvalue weighted by atomic mass is 10.0. The SMILES string of the molecule is CCCNc1ccc(C2=CN3C(=O)c4cc(OC)c(OCCCOc5cc6c(cc5C)C(=O)N5C=C(c7ccc(C(=O)OC)cc7)C[C@H]5C=N6)cc4N=C[C@@H]3C2)cc1. The van der Waals surface area contributed by atoms with E-state index in [0.29, 0.717) is 77.8 Å². The van der Waals surface area contributed by atoms with E-state index in [4.69, 9.17) is 28.9 Å². The minimum absolute atomic E-state index is 0.134. The predicted octanol–water partition coefficient (Wildman–Crippen LogP) is 8.40. The van der Waals surface area contributed by atoms with Crippen molar-refractivity contribution in [2.24, 2.45) is 9.98 Å². The first-order valence-electron chi connectivity index (χ1n) is 19.5. The van der Waals surface area contributed by atoms with Crippen molar-refractivity contribution in [3.05, 3.63) is 119 Å². The van der Waals surface area contributed by atoms with Crippen LogP contribution in [0.15, 0.2) is 95.2 Å². The Morgan fingerprint density at radius 1 is 0.741 bits per heavy atom. The van der Waals surface area contributed by atoms with Gasteiger partial charge in [0.25, 0.3) is 11.8 Å². The molecule has 0 unspecified atom stereocenters. The minimum Gasteiger partial charge on any atom is -0.493 e. The molecule has 1 N–H and O–H groups in total. The maximum atomic E-state index is 13.8. The Bertz CT molecular complexity index is 2380. The predicted molar refractivity (Wildman–Crippen MR) is 224 cm³/mol. The Morgan fingerprint density at radius 2 is 1.29 bits per heavy atom. The van der Waals surface area contributed by atoms with Gasteiger partial charge in [-0.2, -0.15) is 0 Å². The van der Waals surface area contributed by atoms with E-state index >= 15 is 0 Å². The van der Waals surface area contributed by atoms with Crippen LogP contribution in [-0.2, 0) is 4.74 Å². The average molecular weight is 780 g/mol. The number of anilines is 1. The molecule has 58 heavy (non-hydrogen) atoms. The van der Waals surface area contributed by atoms with Crippen LogP contribution in [0, 0.1) is 6.92 Å². The van der Waals surface area contributed by atoms with E-state index in [1.807, 2.05) is 49.8 Å². The molecule has 0 bridgehead atoms. The van der Waals surface area contributed by atoms with E-state index in [0.717, 1.165) is 46.5 Å². The fourth-order valence-corrected chi connectivity index (χ4v) is 7.59. The third-order valence-corrected chi connectivity index (χ3v) is 10.8. The first-order valence-corrected chi connectivity index (χ1v) is 19.5. The van der Waals surface area contributed by atoms with Crippen molar-refractivity contribution in [2.45, 2.75) is 51.6 Å². The summed E-state index contributed by atoms with van der Waals surface area (Å²) < 4.78 is 22.8.